The van der Waals surface area contributed by atoms with Gasteiger partial charge in [-0.15, -0.1) is 0 Å². The minimum absolute atomic E-state index is 0.0504. The van der Waals surface area contributed by atoms with Crippen LogP contribution in [0, 0.1) is 25.2 Å². The van der Waals surface area contributed by atoms with Crippen LogP contribution in [0.15, 0.2) is 0 Å². The quantitative estimate of drug-likeness (QED) is 0.119. The van der Waals surface area contributed by atoms with Gasteiger partial charge in [-0.3, -0.25) is 8.98 Å². The lowest BCUT2D eigenvalue weighted by Crippen LogP contribution is -2.46. The zero-order valence-corrected chi connectivity index (χ0v) is 22.8. The minimum Gasteiger partial charge on any atom is -0.464 e. The van der Waals surface area contributed by atoms with Gasteiger partial charge in [0, 0.05) is 18.9 Å². The van der Waals surface area contributed by atoms with Crippen LogP contribution in [0.2, 0.25) is 18.1 Å². The highest BCUT2D eigenvalue weighted by Crippen LogP contribution is 2.39. The molecule has 0 rings (SSSR count). The number of rotatable bonds is 17. The summed E-state index contributed by atoms with van der Waals surface area (Å²) in [5, 5.41) is 0.0504. The molecule has 31 heavy (non-hydrogen) atoms. The molecule has 0 saturated carbocycles. The number of hydrogen-bond acceptors (Lipinski definition) is 6. The molecule has 3 atom stereocenters. The summed E-state index contributed by atoms with van der Waals surface area (Å²) in [6.07, 6.45) is 9.43. The third-order valence-corrected chi connectivity index (χ3v) is 10.8. The van der Waals surface area contributed by atoms with Crippen LogP contribution in [0.25, 0.3) is 0 Å². The summed E-state index contributed by atoms with van der Waals surface area (Å²) in [7, 11) is -5.67. The predicted molar refractivity (Wildman–Crippen MR) is 129 cm³/mol. The molecule has 0 aliphatic heterocycles. The number of unbranched alkanes of at least 4 members (excludes halogenated alkanes) is 2. The molecular weight excluding hydrogens is 432 g/mol. The summed E-state index contributed by atoms with van der Waals surface area (Å²) in [6.45, 7) is 17.6. The van der Waals surface area contributed by atoms with E-state index in [0.29, 0.717) is 12.9 Å². The van der Waals surface area contributed by atoms with Gasteiger partial charge < -0.3 is 9.16 Å². The third kappa shape index (κ3) is 13.6. The summed E-state index contributed by atoms with van der Waals surface area (Å²) < 4.78 is 40.8. The van der Waals surface area contributed by atoms with Crippen LogP contribution in [-0.2, 0) is 28.3 Å². The molecule has 183 valence electrons. The molecule has 0 aromatic rings. The van der Waals surface area contributed by atoms with Gasteiger partial charge in [0.1, 0.15) is 6.10 Å². The van der Waals surface area contributed by atoms with E-state index in [1.165, 1.54) is 0 Å². The first kappa shape index (κ1) is 30.6. The van der Waals surface area contributed by atoms with Crippen molar-refractivity contribution < 1.29 is 26.6 Å². The van der Waals surface area contributed by atoms with Crippen LogP contribution in [0.4, 0.5) is 0 Å². The van der Waals surface area contributed by atoms with Gasteiger partial charge in [0.2, 0.25) is 0 Å². The van der Waals surface area contributed by atoms with Gasteiger partial charge in [0.15, 0.2) is 8.32 Å². The van der Waals surface area contributed by atoms with Crippen LogP contribution in [0.3, 0.4) is 0 Å². The van der Waals surface area contributed by atoms with Crippen LogP contribution >= 0.6 is 0 Å². The number of carbonyl (C=O) groups is 1. The minimum atomic E-state index is -3.64. The molecule has 0 saturated heterocycles. The maximum Gasteiger partial charge on any atom is 0.293 e. The van der Waals surface area contributed by atoms with Crippen molar-refractivity contribution in [1.82, 2.24) is 0 Å². The maximum absolute atomic E-state index is 11.8. The Kier molecular flexibility index (Phi) is 13.8. The second-order valence-corrected chi connectivity index (χ2v) is 16.4. The summed E-state index contributed by atoms with van der Waals surface area (Å²) in [5.74, 6) is 0.206. The van der Waals surface area contributed by atoms with E-state index in [2.05, 4.69) is 54.6 Å². The second kappa shape index (κ2) is 14.0. The lowest BCUT2D eigenvalue weighted by molar-refractivity contribution is -0.132. The molecule has 8 heteroatoms. The Labute approximate surface area is 193 Å². The number of hydrogen-bond donors (Lipinski definition) is 0. The second-order valence-electron chi connectivity index (χ2n) is 10.1. The molecule has 0 aromatic heterocycles. The molecule has 0 spiro atoms. The standard InChI is InChI=1S/C23H45O6SSi/c1-10-11-12-14-20(27-18-24)15-13-16-21(28-30(7,25)26)17-22(19(2)3)29-31(8,9)23(4,5)6/h13,15-16,18-22H,10-12,14,17H2,1-9H3/t20-,21-,22-/m1/s1. The van der Waals surface area contributed by atoms with Crippen LogP contribution in [-0.4, -0.2) is 47.8 Å². The summed E-state index contributed by atoms with van der Waals surface area (Å²) >= 11 is 0. The number of carbonyl (C=O) groups excluding carboxylic acids is 1. The van der Waals surface area contributed by atoms with E-state index in [0.717, 1.165) is 31.9 Å². The zero-order chi connectivity index (χ0) is 24.3. The molecular formula is C23H45O6SSi. The lowest BCUT2D eigenvalue weighted by atomic mass is 9.97. The first-order chi connectivity index (χ1) is 14.1. The van der Waals surface area contributed by atoms with E-state index >= 15 is 0 Å². The molecule has 0 aromatic carbocycles. The number of ether oxygens (including phenoxy) is 1. The molecule has 0 amide bonds. The first-order valence-electron chi connectivity index (χ1n) is 11.3. The topological polar surface area (TPSA) is 78.9 Å². The summed E-state index contributed by atoms with van der Waals surface area (Å²) in [6, 6.07) is 0. The van der Waals surface area contributed by atoms with E-state index in [9.17, 15) is 13.2 Å². The molecule has 0 bridgehead atoms. The zero-order valence-electron chi connectivity index (χ0n) is 21.0. The molecule has 0 fully saturated rings. The van der Waals surface area contributed by atoms with Crippen molar-refractivity contribution >= 4 is 24.9 Å². The Morgan fingerprint density at radius 2 is 1.61 bits per heavy atom. The Bertz CT molecular complexity index is 598. The van der Waals surface area contributed by atoms with Gasteiger partial charge in [-0.05, 0) is 49.7 Å². The largest absolute Gasteiger partial charge is 0.464 e. The monoisotopic (exact) mass is 477 g/mol. The first-order valence-corrected chi connectivity index (χ1v) is 16.0. The van der Waals surface area contributed by atoms with Crippen molar-refractivity contribution in [3.05, 3.63) is 19.3 Å². The van der Waals surface area contributed by atoms with E-state index in [1.54, 1.807) is 19.3 Å². The molecule has 3 radical (unpaired) electrons. The van der Waals surface area contributed by atoms with Gasteiger partial charge in [-0.1, -0.05) is 54.4 Å². The summed E-state index contributed by atoms with van der Waals surface area (Å²) in [4.78, 5) is 10.8. The lowest BCUT2D eigenvalue weighted by Gasteiger charge is -2.41. The van der Waals surface area contributed by atoms with Gasteiger partial charge in [-0.25, -0.2) is 0 Å². The molecule has 0 aliphatic carbocycles. The van der Waals surface area contributed by atoms with E-state index in [4.69, 9.17) is 13.3 Å². The van der Waals surface area contributed by atoms with Gasteiger partial charge in [0.25, 0.3) is 16.6 Å². The average molecular weight is 478 g/mol. The van der Waals surface area contributed by atoms with Crippen molar-refractivity contribution in [2.75, 3.05) is 6.26 Å². The van der Waals surface area contributed by atoms with E-state index in [-0.39, 0.29) is 23.2 Å². The molecule has 0 N–H and O–H groups in total. The van der Waals surface area contributed by atoms with Crippen molar-refractivity contribution in [3.63, 3.8) is 0 Å². The van der Waals surface area contributed by atoms with Crippen molar-refractivity contribution in [2.45, 2.75) is 110 Å². The highest BCUT2D eigenvalue weighted by molar-refractivity contribution is 7.86. The third-order valence-electron chi connectivity index (χ3n) is 5.73. The normalized spacial score (nSPS) is 16.2. The smallest absolute Gasteiger partial charge is 0.293 e. The van der Waals surface area contributed by atoms with Crippen molar-refractivity contribution in [1.29, 1.82) is 0 Å². The summed E-state index contributed by atoms with van der Waals surface area (Å²) in [5.41, 5.74) is 0. The highest BCUT2D eigenvalue weighted by Gasteiger charge is 2.40. The van der Waals surface area contributed by atoms with E-state index < -0.39 is 24.5 Å². The molecule has 0 aliphatic rings. The Morgan fingerprint density at radius 1 is 1.03 bits per heavy atom. The maximum atomic E-state index is 11.8. The highest BCUT2D eigenvalue weighted by atomic mass is 32.2. The Morgan fingerprint density at radius 3 is 2.06 bits per heavy atom. The van der Waals surface area contributed by atoms with Crippen molar-refractivity contribution in [3.8, 4) is 0 Å². The molecule has 0 heterocycles. The van der Waals surface area contributed by atoms with Crippen molar-refractivity contribution in [2.24, 2.45) is 5.92 Å². The van der Waals surface area contributed by atoms with Crippen LogP contribution < -0.4 is 0 Å². The fourth-order valence-corrected chi connectivity index (χ4v) is 4.87. The SMILES string of the molecule is CCCCC[C@H]([CH][CH][CH][C@H](C[C@@H](O[Si](C)(C)C(C)(C)C)C(C)C)OS(C)(=O)=O)OC=O. The molecule has 0 unspecified atom stereocenters. The van der Waals surface area contributed by atoms with Crippen LogP contribution in [0.5, 0.6) is 0 Å². The predicted octanol–water partition coefficient (Wildman–Crippen LogP) is 5.50. The fourth-order valence-electron chi connectivity index (χ4n) is 2.80. The van der Waals surface area contributed by atoms with E-state index in [1.807, 2.05) is 0 Å². The van der Waals surface area contributed by atoms with Crippen LogP contribution in [0.1, 0.15) is 73.6 Å². The average Bonchev–Trinajstić information content (AvgIpc) is 2.58. The van der Waals surface area contributed by atoms with Gasteiger partial charge >= 0.3 is 0 Å². The van der Waals surface area contributed by atoms with Gasteiger partial charge in [0.05, 0.1) is 12.4 Å². The van der Waals surface area contributed by atoms with Gasteiger partial charge in [-0.2, -0.15) is 8.42 Å². The molecule has 6 nitrogen and oxygen atoms in total. The fraction of sp³-hybridized carbons (Fsp3) is 0.826. The Balaban J connectivity index is 5.16. The Hall–Kier alpha value is -0.443.